The molecule has 0 bridgehead atoms. The van der Waals surface area contributed by atoms with Crippen molar-refractivity contribution in [3.8, 4) is 22.8 Å². The SMILES string of the molecule is Nc1ncnc2c1c(-c1ccc(Oc3ccccc3)cc1)nn2C1CCN(C2CN(CC3CN(C4=CC5C(=O)N(C6CCC(=O)NC6=O)C(=O)C5C=C4)C3)C2)CC1. The van der Waals surface area contributed by atoms with Gasteiger partial charge < -0.3 is 15.4 Å². The normalized spacial score (nSPS) is 25.1. The van der Waals surface area contributed by atoms with E-state index in [0.29, 0.717) is 17.8 Å². The van der Waals surface area contributed by atoms with Gasteiger partial charge in [0.2, 0.25) is 23.6 Å². The van der Waals surface area contributed by atoms with E-state index in [9.17, 15) is 19.2 Å². The van der Waals surface area contributed by atoms with Gasteiger partial charge in [0.25, 0.3) is 0 Å². The molecule has 0 spiro atoms. The topological polar surface area (TPSA) is 172 Å². The fourth-order valence-corrected chi connectivity index (χ4v) is 9.44. The Morgan fingerprint density at radius 3 is 2.32 bits per heavy atom. The number of allylic oxidation sites excluding steroid dienone is 1. The van der Waals surface area contributed by atoms with E-state index in [-0.39, 0.29) is 36.6 Å². The molecule has 15 heteroatoms. The summed E-state index contributed by atoms with van der Waals surface area (Å²) in [6, 6.07) is 17.4. The van der Waals surface area contributed by atoms with Gasteiger partial charge >= 0.3 is 0 Å². The first kappa shape index (κ1) is 35.5. The van der Waals surface area contributed by atoms with Crippen LogP contribution in [0.25, 0.3) is 22.3 Å². The van der Waals surface area contributed by atoms with Crippen molar-refractivity contribution in [3.63, 3.8) is 0 Å². The number of hydrogen-bond acceptors (Lipinski definition) is 12. The quantitative estimate of drug-likeness (QED) is 0.239. The highest BCUT2D eigenvalue weighted by molar-refractivity contribution is 6.12. The predicted molar refractivity (Wildman–Crippen MR) is 209 cm³/mol. The third-order valence-electron chi connectivity index (χ3n) is 12.5. The molecule has 5 aliphatic heterocycles. The van der Waals surface area contributed by atoms with Crippen molar-refractivity contribution in [1.82, 2.24) is 44.7 Å². The average molecular weight is 769 g/mol. The van der Waals surface area contributed by atoms with Gasteiger partial charge in [0.15, 0.2) is 5.65 Å². The van der Waals surface area contributed by atoms with E-state index in [1.165, 1.54) is 6.33 Å². The zero-order valence-electron chi connectivity index (χ0n) is 31.4. The summed E-state index contributed by atoms with van der Waals surface area (Å²) in [5.74, 6) is -0.386. The Hall–Kier alpha value is -5.93. The first-order valence-electron chi connectivity index (χ1n) is 19.9. The Labute approximate surface area is 329 Å². The number of anilines is 1. The van der Waals surface area contributed by atoms with Gasteiger partial charge in [-0.05, 0) is 67.8 Å². The van der Waals surface area contributed by atoms with E-state index in [1.807, 2.05) is 66.7 Å². The van der Waals surface area contributed by atoms with E-state index >= 15 is 0 Å². The third kappa shape index (κ3) is 6.44. The molecule has 57 heavy (non-hydrogen) atoms. The van der Waals surface area contributed by atoms with Crippen LogP contribution in [0.1, 0.15) is 31.7 Å². The number of para-hydroxylation sites is 1. The van der Waals surface area contributed by atoms with Crippen LogP contribution in [0.2, 0.25) is 0 Å². The lowest BCUT2D eigenvalue weighted by molar-refractivity contribution is -0.151. The number of piperidine rings is 2. The molecule has 4 amide bonds. The number of carbonyl (C=O) groups excluding carboxylic acids is 4. The number of ether oxygens (including phenoxy) is 1. The summed E-state index contributed by atoms with van der Waals surface area (Å²) in [6.45, 7) is 6.95. The van der Waals surface area contributed by atoms with Gasteiger partial charge in [-0.1, -0.05) is 24.3 Å². The summed E-state index contributed by atoms with van der Waals surface area (Å²) in [5.41, 5.74) is 9.87. The number of benzene rings is 2. The molecule has 7 heterocycles. The van der Waals surface area contributed by atoms with E-state index in [2.05, 4.69) is 34.7 Å². The molecule has 2 aromatic heterocycles. The molecule has 15 nitrogen and oxygen atoms in total. The number of nitrogens with zero attached hydrogens (tertiary/aromatic N) is 8. The smallest absolute Gasteiger partial charge is 0.249 e. The number of nitrogens with one attached hydrogen (secondary N) is 1. The molecular weight excluding hydrogens is 725 g/mol. The highest BCUT2D eigenvalue weighted by Crippen LogP contribution is 2.39. The molecule has 5 fully saturated rings. The minimum atomic E-state index is -0.921. The molecule has 1 aliphatic carbocycles. The van der Waals surface area contributed by atoms with Crippen LogP contribution in [0.3, 0.4) is 0 Å². The number of carbonyl (C=O) groups is 4. The highest BCUT2D eigenvalue weighted by Gasteiger charge is 2.52. The Balaban J connectivity index is 0.710. The van der Waals surface area contributed by atoms with Gasteiger partial charge in [0.05, 0.1) is 23.3 Å². The predicted octanol–water partition coefficient (Wildman–Crippen LogP) is 2.98. The summed E-state index contributed by atoms with van der Waals surface area (Å²) >= 11 is 0. The fourth-order valence-electron chi connectivity index (χ4n) is 9.44. The summed E-state index contributed by atoms with van der Waals surface area (Å²) in [5, 5.41) is 8.15. The van der Waals surface area contributed by atoms with Crippen LogP contribution in [0, 0.1) is 17.8 Å². The maximum absolute atomic E-state index is 13.3. The van der Waals surface area contributed by atoms with Gasteiger partial charge in [-0.2, -0.15) is 5.10 Å². The Morgan fingerprint density at radius 2 is 1.56 bits per heavy atom. The standard InChI is InChI=1S/C42H44N10O5/c43-38-36-37(26-6-9-31(10-7-26)57-30-4-2-1-3-5-30)47-52(39(36)45-24-44-38)27-14-16-49(17-15-27)29-22-48(23-29)19-25-20-50(21-25)28-8-11-32-33(18-28)42(56)51(41(32)55)34-12-13-35(53)46-40(34)54/h1-11,18,24-25,27,29,32-34H,12-17,19-23H2,(H2,43,44,45)(H,46,53,54). The van der Waals surface area contributed by atoms with E-state index in [4.69, 9.17) is 15.6 Å². The van der Waals surface area contributed by atoms with Crippen LogP contribution in [0.4, 0.5) is 5.82 Å². The Morgan fingerprint density at radius 1 is 0.825 bits per heavy atom. The molecule has 0 radical (unpaired) electrons. The van der Waals surface area contributed by atoms with Crippen LogP contribution < -0.4 is 15.8 Å². The van der Waals surface area contributed by atoms with Gasteiger partial charge in [-0.15, -0.1) is 0 Å². The average Bonchev–Trinajstić information content (AvgIpc) is 3.70. The minimum absolute atomic E-state index is 0.117. The van der Waals surface area contributed by atoms with Crippen molar-refractivity contribution in [2.75, 3.05) is 51.5 Å². The molecule has 5 saturated heterocycles. The van der Waals surface area contributed by atoms with Crippen LogP contribution in [-0.4, -0.2) is 121 Å². The van der Waals surface area contributed by atoms with Gasteiger partial charge in [-0.3, -0.25) is 39.2 Å². The molecule has 292 valence electrons. The Bertz CT molecular complexity index is 2310. The molecule has 3 N–H and O–H groups in total. The summed E-state index contributed by atoms with van der Waals surface area (Å²) < 4.78 is 8.07. The van der Waals surface area contributed by atoms with Crippen LogP contribution >= 0.6 is 0 Å². The lowest BCUT2D eigenvalue weighted by Gasteiger charge is -2.51. The molecule has 2 aromatic carbocycles. The van der Waals surface area contributed by atoms with Crippen molar-refractivity contribution >= 4 is 40.5 Å². The van der Waals surface area contributed by atoms with Crippen molar-refractivity contribution in [3.05, 3.63) is 84.8 Å². The minimum Gasteiger partial charge on any atom is -0.457 e. The second kappa shape index (κ2) is 14.2. The van der Waals surface area contributed by atoms with Crippen LogP contribution in [0.5, 0.6) is 11.5 Å². The Kier molecular flexibility index (Phi) is 8.85. The monoisotopic (exact) mass is 768 g/mol. The van der Waals surface area contributed by atoms with E-state index in [0.717, 1.165) is 103 Å². The summed E-state index contributed by atoms with van der Waals surface area (Å²) in [6.07, 6.45) is 9.39. The molecular formula is C42H44N10O5. The van der Waals surface area contributed by atoms with Crippen LogP contribution in [-0.2, 0) is 19.2 Å². The largest absolute Gasteiger partial charge is 0.457 e. The first-order chi connectivity index (χ1) is 27.8. The number of nitrogens with two attached hydrogens (primary N) is 1. The van der Waals surface area contributed by atoms with Gasteiger partial charge in [-0.25, -0.2) is 14.6 Å². The second-order valence-corrected chi connectivity index (χ2v) is 16.1. The van der Waals surface area contributed by atoms with Crippen molar-refractivity contribution in [2.45, 2.75) is 43.8 Å². The fraction of sp³-hybridized carbons (Fsp3) is 0.405. The molecule has 0 saturated carbocycles. The molecule has 4 aromatic rings. The van der Waals surface area contributed by atoms with Crippen molar-refractivity contribution < 1.29 is 23.9 Å². The zero-order valence-corrected chi connectivity index (χ0v) is 31.4. The van der Waals surface area contributed by atoms with E-state index in [1.54, 1.807) is 6.08 Å². The second-order valence-electron chi connectivity index (χ2n) is 16.1. The number of hydrogen-bond donors (Lipinski definition) is 2. The van der Waals surface area contributed by atoms with E-state index < -0.39 is 23.8 Å². The lowest BCUT2D eigenvalue weighted by atomic mass is 9.87. The number of amides is 4. The number of rotatable bonds is 9. The first-order valence-corrected chi connectivity index (χ1v) is 19.9. The number of imide groups is 2. The van der Waals surface area contributed by atoms with Crippen LogP contribution in [0.15, 0.2) is 84.8 Å². The number of likely N-dealkylation sites (tertiary alicyclic amines) is 4. The third-order valence-corrected chi connectivity index (χ3v) is 12.5. The molecule has 6 aliphatic rings. The molecule has 3 atom stereocenters. The zero-order chi connectivity index (χ0) is 38.8. The summed E-state index contributed by atoms with van der Waals surface area (Å²) in [7, 11) is 0. The highest BCUT2D eigenvalue weighted by atomic mass is 16.5. The van der Waals surface area contributed by atoms with Crippen molar-refractivity contribution in [2.24, 2.45) is 17.8 Å². The molecule has 3 unspecified atom stereocenters. The molecule has 10 rings (SSSR count). The summed E-state index contributed by atoms with van der Waals surface area (Å²) in [4.78, 5) is 68.0. The number of aromatic nitrogens is 4. The maximum atomic E-state index is 13.3. The maximum Gasteiger partial charge on any atom is 0.249 e. The number of fused-ring (bicyclic) bond motifs is 2. The van der Waals surface area contributed by atoms with Crippen molar-refractivity contribution in [1.29, 1.82) is 0 Å². The van der Waals surface area contributed by atoms with Gasteiger partial charge in [0, 0.05) is 75.5 Å². The number of nitrogen functional groups attached to an aromatic ring is 1. The lowest BCUT2D eigenvalue weighted by Crippen LogP contribution is -2.63. The van der Waals surface area contributed by atoms with Gasteiger partial charge in [0.1, 0.15) is 35.4 Å².